The second-order valence-electron chi connectivity index (χ2n) is 5.55. The summed E-state index contributed by atoms with van der Waals surface area (Å²) >= 11 is 2.43. The van der Waals surface area contributed by atoms with Crippen molar-refractivity contribution in [1.29, 1.82) is 0 Å². The molecule has 0 bridgehead atoms. The van der Waals surface area contributed by atoms with Gasteiger partial charge in [0.2, 0.25) is 5.91 Å². The molecule has 25 heavy (non-hydrogen) atoms. The fourth-order valence-electron chi connectivity index (χ4n) is 2.60. The number of carbonyl (C=O) groups excluding carboxylic acids is 2. The number of hydrazine groups is 1. The third kappa shape index (κ3) is 4.09. The zero-order chi connectivity index (χ0) is 17.9. The maximum absolute atomic E-state index is 12.6. The minimum absolute atomic E-state index is 0.112. The highest BCUT2D eigenvalue weighted by Crippen LogP contribution is 2.26. The number of thiophene rings is 2. The first-order valence-electron chi connectivity index (χ1n) is 7.66. The highest BCUT2D eigenvalue weighted by Gasteiger charge is 2.33. The quantitative estimate of drug-likeness (QED) is 0.765. The molecular weight excluding hydrogens is 382 g/mol. The molecule has 134 valence electrons. The molecule has 0 radical (unpaired) electrons. The van der Waals surface area contributed by atoms with Crippen molar-refractivity contribution in [2.45, 2.75) is 17.1 Å². The summed E-state index contributed by atoms with van der Waals surface area (Å²) in [6, 6.07) is 6.65. The van der Waals surface area contributed by atoms with Crippen LogP contribution in [-0.4, -0.2) is 37.6 Å². The Morgan fingerprint density at radius 3 is 2.56 bits per heavy atom. The predicted molar refractivity (Wildman–Crippen MR) is 95.7 cm³/mol. The number of hydrogen-bond acceptors (Lipinski definition) is 6. The Morgan fingerprint density at radius 2 is 1.88 bits per heavy atom. The summed E-state index contributed by atoms with van der Waals surface area (Å²) in [5, 5.41) is 3.48. The molecule has 0 spiro atoms. The Balaban J connectivity index is 1.59. The van der Waals surface area contributed by atoms with E-state index in [1.807, 2.05) is 0 Å². The molecule has 1 unspecified atom stereocenters. The lowest BCUT2D eigenvalue weighted by Crippen LogP contribution is -2.49. The number of nitrogens with one attached hydrogen (secondary N) is 2. The molecule has 1 aliphatic heterocycles. The van der Waals surface area contributed by atoms with Crippen molar-refractivity contribution >= 4 is 44.5 Å². The summed E-state index contributed by atoms with van der Waals surface area (Å²) in [5.74, 6) is -1.26. The van der Waals surface area contributed by atoms with Crippen LogP contribution >= 0.6 is 22.7 Å². The lowest BCUT2D eigenvalue weighted by Gasteiger charge is -2.30. The normalized spacial score (nSPS) is 18.6. The minimum Gasteiger partial charge on any atom is -0.273 e. The van der Waals surface area contributed by atoms with Gasteiger partial charge < -0.3 is 0 Å². The third-order valence-corrected chi connectivity index (χ3v) is 8.00. The van der Waals surface area contributed by atoms with E-state index in [1.165, 1.54) is 15.6 Å². The van der Waals surface area contributed by atoms with Crippen molar-refractivity contribution < 1.29 is 18.0 Å². The molecule has 0 saturated carbocycles. The van der Waals surface area contributed by atoms with Gasteiger partial charge in [-0.05, 0) is 35.7 Å². The van der Waals surface area contributed by atoms with Gasteiger partial charge in [-0.25, -0.2) is 8.42 Å². The van der Waals surface area contributed by atoms with E-state index in [2.05, 4.69) is 10.9 Å². The summed E-state index contributed by atoms with van der Waals surface area (Å²) in [4.78, 5) is 24.6. The van der Waals surface area contributed by atoms with Crippen LogP contribution in [0.3, 0.4) is 0 Å². The van der Waals surface area contributed by atoms with E-state index in [0.717, 1.165) is 11.3 Å². The first-order chi connectivity index (χ1) is 12.0. The van der Waals surface area contributed by atoms with E-state index in [4.69, 9.17) is 0 Å². The number of nitrogens with zero attached hydrogens (tertiary/aromatic N) is 1. The highest BCUT2D eigenvalue weighted by atomic mass is 32.2. The van der Waals surface area contributed by atoms with Crippen LogP contribution in [0, 0.1) is 5.92 Å². The molecule has 0 aliphatic carbocycles. The van der Waals surface area contributed by atoms with Crippen molar-refractivity contribution in [3.8, 4) is 0 Å². The maximum Gasteiger partial charge on any atom is 0.279 e. The summed E-state index contributed by atoms with van der Waals surface area (Å²) in [7, 11) is -3.57. The monoisotopic (exact) mass is 399 g/mol. The van der Waals surface area contributed by atoms with Gasteiger partial charge >= 0.3 is 0 Å². The molecule has 2 aromatic heterocycles. The van der Waals surface area contributed by atoms with Crippen molar-refractivity contribution in [3.63, 3.8) is 0 Å². The average Bonchev–Trinajstić information content (AvgIpc) is 3.33. The van der Waals surface area contributed by atoms with E-state index in [-0.39, 0.29) is 22.6 Å². The van der Waals surface area contributed by atoms with Crippen molar-refractivity contribution in [3.05, 3.63) is 39.9 Å². The summed E-state index contributed by atoms with van der Waals surface area (Å²) in [5.41, 5.74) is 4.77. The molecule has 1 atom stereocenters. The number of amides is 2. The van der Waals surface area contributed by atoms with Gasteiger partial charge in [-0.15, -0.1) is 22.7 Å². The minimum atomic E-state index is -3.57. The van der Waals surface area contributed by atoms with E-state index in [0.29, 0.717) is 24.3 Å². The number of carbonyl (C=O) groups is 2. The van der Waals surface area contributed by atoms with E-state index >= 15 is 0 Å². The molecule has 7 nitrogen and oxygen atoms in total. The van der Waals surface area contributed by atoms with Crippen LogP contribution in [0.5, 0.6) is 0 Å². The van der Waals surface area contributed by atoms with Crippen molar-refractivity contribution in [1.82, 2.24) is 15.2 Å². The molecule has 3 rings (SSSR count). The Morgan fingerprint density at radius 1 is 1.12 bits per heavy atom. The highest BCUT2D eigenvalue weighted by molar-refractivity contribution is 7.91. The standard InChI is InChI=1S/C15H17N3O4S3/c19-14(16-17-15(20)12-5-2-8-23-12)11-4-1-7-18(10-11)25(21,22)13-6-3-9-24-13/h2-3,5-6,8-9,11H,1,4,7,10H2,(H,16,19)(H,17,20). The van der Waals surface area contributed by atoms with Crippen LogP contribution in [0.2, 0.25) is 0 Å². The van der Waals surface area contributed by atoms with E-state index in [9.17, 15) is 18.0 Å². The molecule has 10 heteroatoms. The van der Waals surface area contributed by atoms with Crippen molar-refractivity contribution in [2.75, 3.05) is 13.1 Å². The summed E-state index contributed by atoms with van der Waals surface area (Å²) < 4.78 is 26.8. The molecular formula is C15H17N3O4S3. The van der Waals surface area contributed by atoms with Crippen LogP contribution in [-0.2, 0) is 14.8 Å². The van der Waals surface area contributed by atoms with Gasteiger partial charge in [-0.1, -0.05) is 12.1 Å². The van der Waals surface area contributed by atoms with Crippen LogP contribution in [0.4, 0.5) is 0 Å². The van der Waals surface area contributed by atoms with Crippen molar-refractivity contribution in [2.24, 2.45) is 5.92 Å². The van der Waals surface area contributed by atoms with Crippen LogP contribution < -0.4 is 10.9 Å². The van der Waals surface area contributed by atoms with Gasteiger partial charge in [0, 0.05) is 13.1 Å². The van der Waals surface area contributed by atoms with Gasteiger partial charge in [0.05, 0.1) is 10.8 Å². The third-order valence-electron chi connectivity index (χ3n) is 3.89. The maximum atomic E-state index is 12.6. The second-order valence-corrected chi connectivity index (χ2v) is 9.62. The lowest BCUT2D eigenvalue weighted by molar-refractivity contribution is -0.126. The average molecular weight is 400 g/mol. The number of rotatable bonds is 4. The van der Waals surface area contributed by atoms with Gasteiger partial charge in [0.15, 0.2) is 0 Å². The fraction of sp³-hybridized carbons (Fsp3) is 0.333. The van der Waals surface area contributed by atoms with Gasteiger partial charge in [-0.3, -0.25) is 20.4 Å². The van der Waals surface area contributed by atoms with Gasteiger partial charge in [-0.2, -0.15) is 4.31 Å². The second kappa shape index (κ2) is 7.65. The molecule has 2 amide bonds. The summed E-state index contributed by atoms with van der Waals surface area (Å²) in [6.07, 6.45) is 1.18. The molecule has 1 fully saturated rings. The number of sulfonamides is 1. The van der Waals surface area contributed by atoms with Gasteiger partial charge in [0.1, 0.15) is 4.21 Å². The van der Waals surface area contributed by atoms with E-state index < -0.39 is 15.9 Å². The molecule has 1 aliphatic rings. The Hall–Kier alpha value is -1.75. The Labute approximate surface area is 153 Å². The van der Waals surface area contributed by atoms with Crippen LogP contribution in [0.15, 0.2) is 39.2 Å². The Bertz CT molecular complexity index is 832. The molecule has 0 aromatic carbocycles. The van der Waals surface area contributed by atoms with E-state index in [1.54, 1.807) is 35.0 Å². The first kappa shape index (κ1) is 18.1. The van der Waals surface area contributed by atoms with Crippen LogP contribution in [0.25, 0.3) is 0 Å². The van der Waals surface area contributed by atoms with Gasteiger partial charge in [0.25, 0.3) is 15.9 Å². The zero-order valence-corrected chi connectivity index (χ0v) is 15.6. The smallest absolute Gasteiger partial charge is 0.273 e. The fourth-order valence-corrected chi connectivity index (χ4v) is 5.89. The number of piperidine rings is 1. The molecule has 2 aromatic rings. The predicted octanol–water partition coefficient (Wildman–Crippen LogP) is 1.67. The zero-order valence-electron chi connectivity index (χ0n) is 13.2. The largest absolute Gasteiger partial charge is 0.279 e. The summed E-state index contributed by atoms with van der Waals surface area (Å²) in [6.45, 7) is 0.506. The SMILES string of the molecule is O=C(NNC(=O)C1CCCN(S(=O)(=O)c2cccs2)C1)c1cccs1. The molecule has 1 saturated heterocycles. The first-order valence-corrected chi connectivity index (χ1v) is 10.9. The molecule has 2 N–H and O–H groups in total. The lowest BCUT2D eigenvalue weighted by atomic mass is 9.99. The number of hydrogen-bond donors (Lipinski definition) is 2. The Kier molecular flexibility index (Phi) is 5.52. The molecule has 3 heterocycles. The topological polar surface area (TPSA) is 95.6 Å². The van der Waals surface area contributed by atoms with Crippen LogP contribution in [0.1, 0.15) is 22.5 Å².